The number of carboxylic acid groups (broad SMARTS) is 1. The summed E-state index contributed by atoms with van der Waals surface area (Å²) < 4.78 is -0.527. The number of rotatable bonds is 3. The number of hydrogen-bond acceptors (Lipinski definition) is 4. The highest BCUT2D eigenvalue weighted by Crippen LogP contribution is 2.52. The standard InChI is InChI=1S/C15H19NO3S2/c1-9(17)16-12(14(18)19)15(2,3)21-13(16)10-5-7-11(20-4)8-6-10/h5-8,12-13H,1-4H3,(H,18,19)/t12-,13-/m0/s1. The monoisotopic (exact) mass is 325 g/mol. The molecule has 0 aliphatic carbocycles. The first kappa shape index (κ1) is 16.2. The van der Waals surface area contributed by atoms with Gasteiger partial charge in [0.25, 0.3) is 0 Å². The minimum atomic E-state index is -0.953. The second-order valence-electron chi connectivity index (χ2n) is 5.51. The van der Waals surface area contributed by atoms with Crippen LogP contribution in [0.15, 0.2) is 29.2 Å². The van der Waals surface area contributed by atoms with Crippen molar-refractivity contribution in [1.29, 1.82) is 0 Å². The number of amides is 1. The first-order valence-corrected chi connectivity index (χ1v) is 8.72. The molecule has 1 saturated heterocycles. The molecule has 2 atom stereocenters. The summed E-state index contributed by atoms with van der Waals surface area (Å²) in [6, 6.07) is 7.13. The van der Waals surface area contributed by atoms with Gasteiger partial charge in [0.1, 0.15) is 11.4 Å². The van der Waals surface area contributed by atoms with Crippen molar-refractivity contribution in [3.63, 3.8) is 0 Å². The fourth-order valence-electron chi connectivity index (χ4n) is 2.64. The van der Waals surface area contributed by atoms with Crippen molar-refractivity contribution >= 4 is 35.4 Å². The van der Waals surface area contributed by atoms with Crippen LogP contribution in [0.25, 0.3) is 0 Å². The van der Waals surface area contributed by atoms with Gasteiger partial charge in [-0.2, -0.15) is 0 Å². The quantitative estimate of drug-likeness (QED) is 0.865. The highest BCUT2D eigenvalue weighted by molar-refractivity contribution is 8.01. The Labute approximate surface area is 133 Å². The number of aliphatic carboxylic acids is 1. The molecule has 0 saturated carbocycles. The lowest BCUT2D eigenvalue weighted by atomic mass is 10.0. The van der Waals surface area contributed by atoms with Gasteiger partial charge >= 0.3 is 5.97 Å². The number of benzene rings is 1. The normalized spacial score (nSPS) is 24.1. The molecule has 6 heteroatoms. The van der Waals surface area contributed by atoms with E-state index in [1.165, 1.54) is 23.6 Å². The van der Waals surface area contributed by atoms with Gasteiger partial charge in [0.05, 0.1) is 0 Å². The summed E-state index contributed by atoms with van der Waals surface area (Å²) in [5.74, 6) is -1.16. The van der Waals surface area contributed by atoms with Crippen molar-refractivity contribution in [2.75, 3.05) is 6.26 Å². The fraction of sp³-hybridized carbons (Fsp3) is 0.467. The molecule has 114 valence electrons. The summed E-state index contributed by atoms with van der Waals surface area (Å²) in [6.45, 7) is 5.19. The molecule has 4 nitrogen and oxygen atoms in total. The van der Waals surface area contributed by atoms with E-state index in [1.807, 2.05) is 44.4 Å². The lowest BCUT2D eigenvalue weighted by Crippen LogP contribution is -2.48. The molecule has 1 heterocycles. The number of hydrogen-bond donors (Lipinski definition) is 1. The predicted molar refractivity (Wildman–Crippen MR) is 86.6 cm³/mol. The van der Waals surface area contributed by atoms with Crippen molar-refractivity contribution < 1.29 is 14.7 Å². The zero-order valence-electron chi connectivity index (χ0n) is 12.5. The number of carboxylic acids is 1. The van der Waals surface area contributed by atoms with Crippen LogP contribution in [0.1, 0.15) is 31.7 Å². The second-order valence-corrected chi connectivity index (χ2v) is 8.13. The van der Waals surface area contributed by atoms with Gasteiger partial charge in [0.15, 0.2) is 0 Å². The molecule has 0 aromatic heterocycles. The van der Waals surface area contributed by atoms with Gasteiger partial charge in [-0.25, -0.2) is 4.79 Å². The molecule has 1 N–H and O–H groups in total. The van der Waals surface area contributed by atoms with Crippen LogP contribution < -0.4 is 0 Å². The molecule has 0 unspecified atom stereocenters. The summed E-state index contributed by atoms with van der Waals surface area (Å²) in [5, 5.41) is 9.25. The maximum absolute atomic E-state index is 12.0. The highest BCUT2D eigenvalue weighted by atomic mass is 32.2. The van der Waals surface area contributed by atoms with E-state index in [2.05, 4.69) is 0 Å². The summed E-state index contributed by atoms with van der Waals surface area (Å²) in [5.41, 5.74) is 0.963. The van der Waals surface area contributed by atoms with Crippen molar-refractivity contribution in [3.8, 4) is 0 Å². The summed E-state index contributed by atoms with van der Waals surface area (Å²) >= 11 is 3.18. The molecule has 1 aromatic rings. The van der Waals surface area contributed by atoms with E-state index in [0.717, 1.165) is 10.5 Å². The second kappa shape index (κ2) is 5.93. The van der Waals surface area contributed by atoms with E-state index in [9.17, 15) is 14.7 Å². The van der Waals surface area contributed by atoms with Gasteiger partial charge in [-0.05, 0) is 37.8 Å². The van der Waals surface area contributed by atoms with Crippen LogP contribution in [-0.4, -0.2) is 38.9 Å². The van der Waals surface area contributed by atoms with Crippen molar-refractivity contribution in [2.24, 2.45) is 0 Å². The van der Waals surface area contributed by atoms with Gasteiger partial charge in [0, 0.05) is 16.6 Å². The van der Waals surface area contributed by atoms with Crippen molar-refractivity contribution in [1.82, 2.24) is 4.90 Å². The minimum absolute atomic E-state index is 0.209. The van der Waals surface area contributed by atoms with E-state index in [1.54, 1.807) is 11.8 Å². The molecular formula is C15H19NO3S2. The molecule has 0 bridgehead atoms. The number of nitrogens with zero attached hydrogens (tertiary/aromatic N) is 1. The average Bonchev–Trinajstić information content (AvgIpc) is 2.70. The molecule has 1 aromatic carbocycles. The van der Waals surface area contributed by atoms with Crippen LogP contribution in [-0.2, 0) is 9.59 Å². The molecule has 21 heavy (non-hydrogen) atoms. The Bertz CT molecular complexity index is 557. The van der Waals surface area contributed by atoms with Crippen molar-refractivity contribution in [3.05, 3.63) is 29.8 Å². The summed E-state index contributed by atoms with van der Waals surface area (Å²) in [6.07, 6.45) is 2.00. The number of carbonyl (C=O) groups excluding carboxylic acids is 1. The summed E-state index contributed by atoms with van der Waals surface area (Å²) in [7, 11) is 0. The van der Waals surface area contributed by atoms with Gasteiger partial charge in [-0.3, -0.25) is 4.79 Å². The van der Waals surface area contributed by atoms with Crippen molar-refractivity contribution in [2.45, 2.75) is 41.8 Å². The molecule has 0 spiro atoms. The molecule has 1 aliphatic heterocycles. The Hall–Kier alpha value is -1.14. The van der Waals surface area contributed by atoms with Crippen LogP contribution in [0.2, 0.25) is 0 Å². The predicted octanol–water partition coefficient (Wildman–Crippen LogP) is 3.23. The molecule has 1 aliphatic rings. The van der Waals surface area contributed by atoms with Crippen LogP contribution in [0.4, 0.5) is 0 Å². The molecule has 2 rings (SSSR count). The number of thioether (sulfide) groups is 2. The van der Waals surface area contributed by atoms with Crippen LogP contribution in [0.5, 0.6) is 0 Å². The first-order chi connectivity index (χ1) is 9.77. The topological polar surface area (TPSA) is 57.6 Å². The maximum Gasteiger partial charge on any atom is 0.327 e. The Kier molecular flexibility index (Phi) is 4.58. The van der Waals surface area contributed by atoms with Crippen LogP contribution in [0.3, 0.4) is 0 Å². The smallest absolute Gasteiger partial charge is 0.327 e. The largest absolute Gasteiger partial charge is 0.480 e. The lowest BCUT2D eigenvalue weighted by molar-refractivity contribution is -0.150. The van der Waals surface area contributed by atoms with Gasteiger partial charge in [0.2, 0.25) is 5.91 Å². The Morgan fingerprint density at radius 1 is 1.29 bits per heavy atom. The van der Waals surface area contributed by atoms with E-state index in [0.29, 0.717) is 0 Å². The van der Waals surface area contributed by atoms with Gasteiger partial charge in [-0.1, -0.05) is 12.1 Å². The van der Waals surface area contributed by atoms with E-state index in [-0.39, 0.29) is 11.3 Å². The molecular weight excluding hydrogens is 306 g/mol. The molecule has 1 fully saturated rings. The maximum atomic E-state index is 12.0. The van der Waals surface area contributed by atoms with Gasteiger partial charge < -0.3 is 10.0 Å². The number of carbonyl (C=O) groups is 2. The van der Waals surface area contributed by atoms with Crippen LogP contribution >= 0.6 is 23.5 Å². The van der Waals surface area contributed by atoms with E-state index >= 15 is 0 Å². The highest BCUT2D eigenvalue weighted by Gasteiger charge is 2.52. The minimum Gasteiger partial charge on any atom is -0.480 e. The third-order valence-electron chi connectivity index (χ3n) is 3.60. The first-order valence-electron chi connectivity index (χ1n) is 6.61. The molecule has 1 amide bonds. The fourth-order valence-corrected chi connectivity index (χ4v) is 4.64. The molecule has 0 radical (unpaired) electrons. The Balaban J connectivity index is 2.42. The van der Waals surface area contributed by atoms with E-state index in [4.69, 9.17) is 0 Å². The lowest BCUT2D eigenvalue weighted by Gasteiger charge is -2.28. The van der Waals surface area contributed by atoms with Gasteiger partial charge in [-0.15, -0.1) is 23.5 Å². The third-order valence-corrected chi connectivity index (χ3v) is 5.90. The van der Waals surface area contributed by atoms with Crippen LogP contribution in [0, 0.1) is 0 Å². The third kappa shape index (κ3) is 3.06. The summed E-state index contributed by atoms with van der Waals surface area (Å²) in [4.78, 5) is 26.2. The zero-order valence-corrected chi connectivity index (χ0v) is 14.1. The Morgan fingerprint density at radius 2 is 1.86 bits per heavy atom. The Morgan fingerprint density at radius 3 is 2.29 bits per heavy atom. The SMILES string of the molecule is CSc1ccc([C@@H]2SC(C)(C)[C@H](C(=O)O)N2C(C)=O)cc1. The average molecular weight is 325 g/mol. The zero-order chi connectivity index (χ0) is 15.8. The van der Waals surface area contributed by atoms with E-state index < -0.39 is 16.8 Å².